The van der Waals surface area contributed by atoms with Crippen LogP contribution in [0.25, 0.3) is 0 Å². The molecule has 2 amide bonds. The van der Waals surface area contributed by atoms with Gasteiger partial charge in [-0.3, -0.25) is 9.59 Å². The van der Waals surface area contributed by atoms with Crippen molar-refractivity contribution >= 4 is 11.8 Å². The molecule has 0 spiro atoms. The summed E-state index contributed by atoms with van der Waals surface area (Å²) >= 11 is 0. The highest BCUT2D eigenvalue weighted by Crippen LogP contribution is 2.29. The number of rotatable bonds is 5. The SMILES string of the molecule is O=C(COc1cccc2c1CCN(Cc1ccc(F)cc1)C2=O)N1CCCCCC1. The largest absolute Gasteiger partial charge is 0.483 e. The smallest absolute Gasteiger partial charge is 0.260 e. The Labute approximate surface area is 176 Å². The third-order valence-electron chi connectivity index (χ3n) is 5.88. The summed E-state index contributed by atoms with van der Waals surface area (Å²) in [6.45, 7) is 2.60. The summed E-state index contributed by atoms with van der Waals surface area (Å²) in [5.74, 6) is 0.274. The standard InChI is InChI=1S/C24H27FN2O3/c25-19-10-8-18(9-11-19)16-27-15-12-20-21(24(27)29)6-5-7-22(20)30-17-23(28)26-13-3-1-2-4-14-26/h5-11H,1-4,12-17H2. The first-order chi connectivity index (χ1) is 14.6. The highest BCUT2D eigenvalue weighted by atomic mass is 19.1. The van der Waals surface area contributed by atoms with Crippen molar-refractivity contribution < 1.29 is 18.7 Å². The van der Waals surface area contributed by atoms with Crippen LogP contribution in [0.3, 0.4) is 0 Å². The number of nitrogens with zero attached hydrogens (tertiary/aromatic N) is 2. The van der Waals surface area contributed by atoms with Gasteiger partial charge in [-0.15, -0.1) is 0 Å². The Bertz CT molecular complexity index is 905. The van der Waals surface area contributed by atoms with Crippen molar-refractivity contribution in [1.29, 1.82) is 0 Å². The molecule has 0 aliphatic carbocycles. The van der Waals surface area contributed by atoms with E-state index in [-0.39, 0.29) is 24.2 Å². The highest BCUT2D eigenvalue weighted by molar-refractivity contribution is 5.97. The minimum atomic E-state index is -0.286. The van der Waals surface area contributed by atoms with E-state index in [1.165, 1.54) is 25.0 Å². The van der Waals surface area contributed by atoms with E-state index < -0.39 is 0 Å². The van der Waals surface area contributed by atoms with Crippen molar-refractivity contribution in [3.8, 4) is 5.75 Å². The highest BCUT2D eigenvalue weighted by Gasteiger charge is 2.27. The van der Waals surface area contributed by atoms with Crippen LogP contribution >= 0.6 is 0 Å². The van der Waals surface area contributed by atoms with Gasteiger partial charge in [0.1, 0.15) is 11.6 Å². The average Bonchev–Trinajstić information content (AvgIpc) is 3.05. The molecule has 30 heavy (non-hydrogen) atoms. The van der Waals surface area contributed by atoms with Gasteiger partial charge in [-0.05, 0) is 49.1 Å². The second-order valence-corrected chi connectivity index (χ2v) is 7.97. The number of amides is 2. The van der Waals surface area contributed by atoms with Gasteiger partial charge in [-0.2, -0.15) is 0 Å². The number of carbonyl (C=O) groups excluding carboxylic acids is 2. The third kappa shape index (κ3) is 4.64. The lowest BCUT2D eigenvalue weighted by molar-refractivity contribution is -0.133. The second-order valence-electron chi connectivity index (χ2n) is 7.97. The lowest BCUT2D eigenvalue weighted by atomic mass is 9.97. The fourth-order valence-corrected chi connectivity index (χ4v) is 4.19. The minimum absolute atomic E-state index is 0.00391. The van der Waals surface area contributed by atoms with Crippen molar-refractivity contribution in [1.82, 2.24) is 9.80 Å². The van der Waals surface area contributed by atoms with Gasteiger partial charge in [0.15, 0.2) is 6.61 Å². The lowest BCUT2D eigenvalue weighted by Gasteiger charge is -2.30. The zero-order valence-electron chi connectivity index (χ0n) is 17.1. The van der Waals surface area contributed by atoms with Crippen molar-refractivity contribution in [3.63, 3.8) is 0 Å². The molecule has 158 valence electrons. The van der Waals surface area contributed by atoms with E-state index in [9.17, 15) is 14.0 Å². The number of ether oxygens (including phenoxy) is 1. The van der Waals surface area contributed by atoms with E-state index in [0.29, 0.717) is 30.8 Å². The number of benzene rings is 2. The van der Waals surface area contributed by atoms with E-state index in [2.05, 4.69) is 0 Å². The molecule has 0 saturated carbocycles. The molecule has 2 aliphatic heterocycles. The number of carbonyl (C=O) groups is 2. The van der Waals surface area contributed by atoms with Crippen LogP contribution in [0.1, 0.15) is 47.2 Å². The normalized spacial score (nSPS) is 16.8. The predicted molar refractivity (Wildman–Crippen MR) is 112 cm³/mol. The van der Waals surface area contributed by atoms with Gasteiger partial charge in [0.05, 0.1) is 0 Å². The maximum absolute atomic E-state index is 13.1. The van der Waals surface area contributed by atoms with Crippen LogP contribution in [-0.4, -0.2) is 47.9 Å². The molecule has 1 saturated heterocycles. The van der Waals surface area contributed by atoms with E-state index in [1.807, 2.05) is 11.0 Å². The molecule has 4 rings (SSSR count). The quantitative estimate of drug-likeness (QED) is 0.753. The lowest BCUT2D eigenvalue weighted by Crippen LogP contribution is -2.38. The van der Waals surface area contributed by atoms with Crippen LogP contribution < -0.4 is 4.74 Å². The Kier molecular flexibility index (Phi) is 6.31. The molecule has 0 bridgehead atoms. The maximum atomic E-state index is 13.1. The van der Waals surface area contributed by atoms with E-state index in [1.54, 1.807) is 29.2 Å². The van der Waals surface area contributed by atoms with Gasteiger partial charge in [-0.1, -0.05) is 31.0 Å². The fourth-order valence-electron chi connectivity index (χ4n) is 4.19. The molecule has 0 atom stereocenters. The van der Waals surface area contributed by atoms with Crippen LogP contribution in [0.2, 0.25) is 0 Å². The van der Waals surface area contributed by atoms with Crippen LogP contribution in [0.5, 0.6) is 5.75 Å². The topological polar surface area (TPSA) is 49.9 Å². The Morgan fingerprint density at radius 3 is 2.43 bits per heavy atom. The van der Waals surface area contributed by atoms with Gasteiger partial charge in [0.2, 0.25) is 0 Å². The summed E-state index contributed by atoms with van der Waals surface area (Å²) in [7, 11) is 0. The molecule has 2 aromatic carbocycles. The molecular weight excluding hydrogens is 383 g/mol. The summed E-state index contributed by atoms with van der Waals surface area (Å²) in [4.78, 5) is 29.2. The monoisotopic (exact) mass is 410 g/mol. The third-order valence-corrected chi connectivity index (χ3v) is 5.88. The zero-order valence-corrected chi connectivity index (χ0v) is 17.1. The average molecular weight is 410 g/mol. The van der Waals surface area contributed by atoms with Gasteiger partial charge < -0.3 is 14.5 Å². The summed E-state index contributed by atoms with van der Waals surface area (Å²) in [5, 5.41) is 0. The number of hydrogen-bond acceptors (Lipinski definition) is 3. The van der Waals surface area contributed by atoms with E-state index >= 15 is 0 Å². The van der Waals surface area contributed by atoms with Crippen molar-refractivity contribution in [2.24, 2.45) is 0 Å². The van der Waals surface area contributed by atoms with Crippen molar-refractivity contribution in [3.05, 3.63) is 65.0 Å². The number of fused-ring (bicyclic) bond motifs is 1. The Hall–Kier alpha value is -2.89. The van der Waals surface area contributed by atoms with Crippen LogP contribution in [0.15, 0.2) is 42.5 Å². The molecule has 5 nitrogen and oxygen atoms in total. The molecule has 2 aliphatic rings. The summed E-state index contributed by atoms with van der Waals surface area (Å²) < 4.78 is 19.0. The molecule has 6 heteroatoms. The Morgan fingerprint density at radius 2 is 1.70 bits per heavy atom. The van der Waals surface area contributed by atoms with E-state index in [0.717, 1.165) is 37.1 Å². The first kappa shape index (κ1) is 20.4. The van der Waals surface area contributed by atoms with Gasteiger partial charge >= 0.3 is 0 Å². The van der Waals surface area contributed by atoms with Gasteiger partial charge in [0.25, 0.3) is 11.8 Å². The second kappa shape index (κ2) is 9.28. The van der Waals surface area contributed by atoms with Crippen molar-refractivity contribution in [2.75, 3.05) is 26.2 Å². The van der Waals surface area contributed by atoms with Crippen molar-refractivity contribution in [2.45, 2.75) is 38.6 Å². The molecule has 2 heterocycles. The molecule has 1 fully saturated rings. The fraction of sp³-hybridized carbons (Fsp3) is 0.417. The zero-order chi connectivity index (χ0) is 20.9. The molecule has 0 radical (unpaired) electrons. The molecule has 2 aromatic rings. The number of halogens is 1. The number of likely N-dealkylation sites (tertiary alicyclic amines) is 1. The van der Waals surface area contributed by atoms with Crippen LogP contribution in [-0.2, 0) is 17.8 Å². The maximum Gasteiger partial charge on any atom is 0.260 e. The Balaban J connectivity index is 1.42. The molecular formula is C24H27FN2O3. The minimum Gasteiger partial charge on any atom is -0.483 e. The first-order valence-electron chi connectivity index (χ1n) is 10.7. The Morgan fingerprint density at radius 1 is 0.967 bits per heavy atom. The van der Waals surface area contributed by atoms with Gasteiger partial charge in [0, 0.05) is 37.3 Å². The van der Waals surface area contributed by atoms with Crippen LogP contribution in [0, 0.1) is 5.82 Å². The number of hydrogen-bond donors (Lipinski definition) is 0. The summed E-state index contributed by atoms with van der Waals surface area (Å²) in [6.07, 6.45) is 5.10. The molecule has 0 unspecified atom stereocenters. The van der Waals surface area contributed by atoms with Gasteiger partial charge in [-0.25, -0.2) is 4.39 Å². The van der Waals surface area contributed by atoms with Crippen LogP contribution in [0.4, 0.5) is 4.39 Å². The first-order valence-corrected chi connectivity index (χ1v) is 10.7. The summed E-state index contributed by atoms with van der Waals surface area (Å²) in [6, 6.07) is 11.6. The summed E-state index contributed by atoms with van der Waals surface area (Å²) in [5.41, 5.74) is 2.37. The predicted octanol–water partition coefficient (Wildman–Crippen LogP) is 3.81. The molecule has 0 aromatic heterocycles. The van der Waals surface area contributed by atoms with E-state index in [4.69, 9.17) is 4.74 Å². The molecule has 0 N–H and O–H groups in total.